The minimum atomic E-state index is -2.39. The first-order valence-electron chi connectivity index (χ1n) is 3.00. The molecule has 0 saturated carbocycles. The second-order valence-electron chi connectivity index (χ2n) is 2.15. The summed E-state index contributed by atoms with van der Waals surface area (Å²) >= 11 is 1.38. The SMILES string of the molecule is C#CC1CCSP(C)(=O)O1. The molecule has 1 aliphatic heterocycles. The first-order chi connectivity index (χ1) is 4.64. The molecule has 0 aromatic rings. The van der Waals surface area contributed by atoms with E-state index in [0.29, 0.717) is 0 Å². The van der Waals surface area contributed by atoms with Gasteiger partial charge in [0.2, 0.25) is 0 Å². The second kappa shape index (κ2) is 3.00. The molecule has 0 spiro atoms. The van der Waals surface area contributed by atoms with Crippen molar-refractivity contribution in [2.45, 2.75) is 12.5 Å². The van der Waals surface area contributed by atoms with E-state index >= 15 is 0 Å². The first-order valence-corrected chi connectivity index (χ1v) is 6.67. The quantitative estimate of drug-likeness (QED) is 0.417. The largest absolute Gasteiger partial charge is 0.305 e. The highest BCUT2D eigenvalue weighted by atomic mass is 32.7. The molecule has 0 N–H and O–H groups in total. The average molecular weight is 176 g/mol. The molecule has 0 aromatic heterocycles. The van der Waals surface area contributed by atoms with Gasteiger partial charge in [-0.1, -0.05) is 17.3 Å². The topological polar surface area (TPSA) is 26.3 Å². The maximum absolute atomic E-state index is 11.2. The van der Waals surface area contributed by atoms with Gasteiger partial charge in [-0.05, 0) is 6.42 Å². The van der Waals surface area contributed by atoms with Crippen molar-refractivity contribution in [2.24, 2.45) is 0 Å². The van der Waals surface area contributed by atoms with E-state index in [0.717, 1.165) is 12.2 Å². The van der Waals surface area contributed by atoms with Crippen LogP contribution in [0.1, 0.15) is 6.42 Å². The minimum Gasteiger partial charge on any atom is -0.305 e. The van der Waals surface area contributed by atoms with Crippen LogP contribution >= 0.6 is 18.0 Å². The number of hydrogen-bond donors (Lipinski definition) is 0. The maximum Gasteiger partial charge on any atom is 0.255 e. The molecular weight excluding hydrogens is 167 g/mol. The van der Waals surface area contributed by atoms with E-state index in [4.69, 9.17) is 10.9 Å². The predicted octanol–water partition coefficient (Wildman–Crippen LogP) is 1.96. The summed E-state index contributed by atoms with van der Waals surface area (Å²) in [5, 5.41) is 0. The number of terminal acetylenes is 1. The van der Waals surface area contributed by atoms with Gasteiger partial charge in [-0.25, -0.2) is 0 Å². The Balaban J connectivity index is 2.58. The van der Waals surface area contributed by atoms with Gasteiger partial charge in [0.05, 0.1) is 0 Å². The van der Waals surface area contributed by atoms with Gasteiger partial charge in [-0.2, -0.15) is 0 Å². The van der Waals surface area contributed by atoms with Gasteiger partial charge in [0.1, 0.15) is 6.10 Å². The molecular formula is C6H9O2PS. The Labute approximate surface area is 64.9 Å². The lowest BCUT2D eigenvalue weighted by Crippen LogP contribution is -2.12. The molecule has 2 nitrogen and oxygen atoms in total. The summed E-state index contributed by atoms with van der Waals surface area (Å²) in [7, 11) is 0. The molecule has 10 heavy (non-hydrogen) atoms. The van der Waals surface area contributed by atoms with Crippen molar-refractivity contribution in [3.05, 3.63) is 0 Å². The van der Waals surface area contributed by atoms with Crippen molar-refractivity contribution in [3.8, 4) is 12.3 Å². The maximum atomic E-state index is 11.2. The molecule has 1 saturated heterocycles. The third-order valence-electron chi connectivity index (χ3n) is 1.21. The van der Waals surface area contributed by atoms with E-state index in [9.17, 15) is 4.57 Å². The molecule has 2 atom stereocenters. The predicted molar refractivity (Wildman–Crippen MR) is 44.3 cm³/mol. The van der Waals surface area contributed by atoms with E-state index in [2.05, 4.69) is 5.92 Å². The van der Waals surface area contributed by atoms with Crippen LogP contribution in [0, 0.1) is 12.3 Å². The highest BCUT2D eigenvalue weighted by Gasteiger charge is 2.26. The molecule has 56 valence electrons. The molecule has 2 unspecified atom stereocenters. The van der Waals surface area contributed by atoms with Crippen LogP contribution < -0.4 is 0 Å². The van der Waals surface area contributed by atoms with Crippen molar-refractivity contribution in [1.29, 1.82) is 0 Å². The van der Waals surface area contributed by atoms with Crippen LogP contribution in [0.2, 0.25) is 0 Å². The summed E-state index contributed by atoms with van der Waals surface area (Å²) in [4.78, 5) is 0. The Morgan fingerprint density at radius 3 is 3.00 bits per heavy atom. The van der Waals surface area contributed by atoms with Gasteiger partial charge < -0.3 is 4.52 Å². The molecule has 0 aliphatic carbocycles. The summed E-state index contributed by atoms with van der Waals surface area (Å²) in [5.41, 5.74) is 0. The van der Waals surface area contributed by atoms with Crippen molar-refractivity contribution >= 4 is 18.0 Å². The number of rotatable bonds is 0. The summed E-state index contributed by atoms with van der Waals surface area (Å²) in [5.74, 6) is 3.30. The van der Waals surface area contributed by atoms with Gasteiger partial charge in [0.15, 0.2) is 0 Å². The second-order valence-corrected chi connectivity index (χ2v) is 7.34. The minimum absolute atomic E-state index is 0.225. The zero-order chi connectivity index (χ0) is 7.61. The van der Waals surface area contributed by atoms with Crippen LogP contribution in [0.4, 0.5) is 0 Å². The van der Waals surface area contributed by atoms with Crippen LogP contribution in [-0.2, 0) is 9.09 Å². The smallest absolute Gasteiger partial charge is 0.255 e. The van der Waals surface area contributed by atoms with E-state index < -0.39 is 6.57 Å². The van der Waals surface area contributed by atoms with Gasteiger partial charge in [-0.3, -0.25) is 4.57 Å². The Kier molecular flexibility index (Phi) is 2.46. The highest BCUT2D eigenvalue weighted by molar-refractivity contribution is 8.56. The Morgan fingerprint density at radius 2 is 2.60 bits per heavy atom. The van der Waals surface area contributed by atoms with Crippen molar-refractivity contribution in [1.82, 2.24) is 0 Å². The van der Waals surface area contributed by atoms with Crippen LogP contribution in [0.5, 0.6) is 0 Å². The van der Waals surface area contributed by atoms with Crippen LogP contribution in [-0.4, -0.2) is 18.5 Å². The molecule has 0 radical (unpaired) electrons. The van der Waals surface area contributed by atoms with Crippen LogP contribution in [0.3, 0.4) is 0 Å². The van der Waals surface area contributed by atoms with Gasteiger partial charge in [-0.15, -0.1) is 6.42 Å². The number of hydrogen-bond acceptors (Lipinski definition) is 3. The summed E-state index contributed by atoms with van der Waals surface area (Å²) in [6.07, 6.45) is 5.71. The van der Waals surface area contributed by atoms with Gasteiger partial charge in [0, 0.05) is 12.4 Å². The molecule has 1 aliphatic rings. The summed E-state index contributed by atoms with van der Waals surface area (Å²) in [6.45, 7) is -0.773. The lowest BCUT2D eigenvalue weighted by atomic mass is 10.3. The molecule has 0 amide bonds. The van der Waals surface area contributed by atoms with Crippen LogP contribution in [0.15, 0.2) is 0 Å². The lowest BCUT2D eigenvalue weighted by molar-refractivity contribution is 0.264. The van der Waals surface area contributed by atoms with E-state index in [1.54, 1.807) is 6.66 Å². The normalized spacial score (nSPS) is 40.6. The Morgan fingerprint density at radius 1 is 1.90 bits per heavy atom. The average Bonchev–Trinajstić information content (AvgIpc) is 1.86. The zero-order valence-corrected chi connectivity index (χ0v) is 7.45. The van der Waals surface area contributed by atoms with Crippen LogP contribution in [0.25, 0.3) is 0 Å². The summed E-state index contributed by atoms with van der Waals surface area (Å²) < 4.78 is 16.4. The Bertz CT molecular complexity index is 208. The molecule has 1 fully saturated rings. The monoisotopic (exact) mass is 176 g/mol. The Hall–Kier alpha value is 0.1000. The van der Waals surface area contributed by atoms with Crippen molar-refractivity contribution in [2.75, 3.05) is 12.4 Å². The summed E-state index contributed by atoms with van der Waals surface area (Å²) in [6, 6.07) is 0. The molecule has 4 heteroatoms. The third-order valence-corrected chi connectivity index (χ3v) is 4.95. The standard InChI is InChI=1S/C6H9O2PS/c1-3-6-4-5-10-9(2,7)8-6/h1,6H,4-5H2,2H3. The van der Waals surface area contributed by atoms with E-state index in [-0.39, 0.29) is 6.10 Å². The molecule has 0 bridgehead atoms. The lowest BCUT2D eigenvalue weighted by Gasteiger charge is -2.22. The first kappa shape index (κ1) is 8.20. The fourth-order valence-electron chi connectivity index (χ4n) is 0.754. The van der Waals surface area contributed by atoms with Crippen molar-refractivity contribution < 1.29 is 9.09 Å². The van der Waals surface area contributed by atoms with Gasteiger partial charge in [0.25, 0.3) is 6.57 Å². The van der Waals surface area contributed by atoms with E-state index in [1.807, 2.05) is 0 Å². The molecule has 0 aromatic carbocycles. The zero-order valence-electron chi connectivity index (χ0n) is 5.74. The van der Waals surface area contributed by atoms with E-state index in [1.165, 1.54) is 11.4 Å². The van der Waals surface area contributed by atoms with Gasteiger partial charge >= 0.3 is 0 Å². The molecule has 1 rings (SSSR count). The molecule has 1 heterocycles. The fraction of sp³-hybridized carbons (Fsp3) is 0.667. The third kappa shape index (κ3) is 2.05. The van der Waals surface area contributed by atoms with Crippen molar-refractivity contribution in [3.63, 3.8) is 0 Å². The fourth-order valence-corrected chi connectivity index (χ4v) is 3.90. The highest BCUT2D eigenvalue weighted by Crippen LogP contribution is 2.60.